The number of hydrogen-bond donors (Lipinski definition) is 2. The van der Waals surface area contributed by atoms with Crippen molar-refractivity contribution >= 4 is 35.1 Å². The van der Waals surface area contributed by atoms with Crippen molar-refractivity contribution in [2.75, 3.05) is 44.2 Å². The summed E-state index contributed by atoms with van der Waals surface area (Å²) in [6.07, 6.45) is 5.74. The summed E-state index contributed by atoms with van der Waals surface area (Å²) in [7, 11) is 0. The first-order valence-electron chi connectivity index (χ1n) is 14.4. The summed E-state index contributed by atoms with van der Waals surface area (Å²) in [4.78, 5) is 31.8. The maximum absolute atomic E-state index is 11.1. The highest BCUT2D eigenvalue weighted by Gasteiger charge is 2.37. The van der Waals surface area contributed by atoms with E-state index in [-0.39, 0.29) is 24.5 Å². The van der Waals surface area contributed by atoms with Gasteiger partial charge in [-0.1, -0.05) is 23.2 Å². The number of carbonyl (C=O) groups is 1. The molecule has 10 nitrogen and oxygen atoms in total. The number of nitrogens with zero attached hydrogens (tertiary/aromatic N) is 6. The highest BCUT2D eigenvalue weighted by Crippen LogP contribution is 2.31. The number of likely N-dealkylation sites (tertiary alicyclic amines) is 1. The second-order valence-electron chi connectivity index (χ2n) is 11.4. The van der Waals surface area contributed by atoms with E-state index >= 15 is 0 Å². The van der Waals surface area contributed by atoms with E-state index in [0.717, 1.165) is 63.1 Å². The first kappa shape index (κ1) is 29.1. The quantitative estimate of drug-likeness (QED) is 0.374. The van der Waals surface area contributed by atoms with Gasteiger partial charge in [0.25, 0.3) is 0 Å². The lowest BCUT2D eigenvalue weighted by molar-refractivity contribution is -0.138. The maximum atomic E-state index is 11.1. The van der Waals surface area contributed by atoms with Crippen molar-refractivity contribution in [3.63, 3.8) is 0 Å². The number of aliphatic hydroxyl groups excluding tert-OH is 1. The molecule has 12 heteroatoms. The molecule has 2 N–H and O–H groups in total. The summed E-state index contributed by atoms with van der Waals surface area (Å²) < 4.78 is 6.17. The molecule has 3 saturated heterocycles. The van der Waals surface area contributed by atoms with E-state index in [1.807, 2.05) is 24.3 Å². The number of halogens is 2. The molecule has 5 heterocycles. The van der Waals surface area contributed by atoms with Crippen molar-refractivity contribution < 1.29 is 19.7 Å². The Morgan fingerprint density at radius 1 is 0.952 bits per heavy atom. The molecular formula is C30H34Cl2N6O4. The third kappa shape index (κ3) is 6.95. The van der Waals surface area contributed by atoms with Crippen molar-refractivity contribution in [3.05, 3.63) is 58.3 Å². The number of ether oxygens (including phenoxy) is 1. The van der Waals surface area contributed by atoms with Crippen LogP contribution in [0.3, 0.4) is 0 Å². The van der Waals surface area contributed by atoms with E-state index in [2.05, 4.69) is 24.7 Å². The Bertz CT molecular complexity index is 1400. The zero-order chi connectivity index (χ0) is 29.2. The normalized spacial score (nSPS) is 21.8. The van der Waals surface area contributed by atoms with Gasteiger partial charge < -0.3 is 19.8 Å². The molecule has 3 fully saturated rings. The van der Waals surface area contributed by atoms with Crippen LogP contribution in [0.25, 0.3) is 11.3 Å². The summed E-state index contributed by atoms with van der Waals surface area (Å²) in [5, 5.41) is 20.5. The number of hydrogen-bond acceptors (Lipinski definition) is 9. The van der Waals surface area contributed by atoms with Crippen molar-refractivity contribution in [3.8, 4) is 22.9 Å². The second-order valence-corrected chi connectivity index (χ2v) is 12.3. The summed E-state index contributed by atoms with van der Waals surface area (Å²) in [6, 6.07) is 9.36. The standard InChI is InChI=1S/C30H34Cl2N6O4/c31-22-12-21(13-23(32)14-22)25-9-20(17-36-4-1-19(2-5-36)11-29(40)41)10-28(35-25)42-24-15-33-30(34-16-24)38-8-7-37-6-3-27(39)26(37)18-38/h9-10,12-16,19,26-27,39H,1-8,11,17-18H2,(H,40,41)/t26-,27+/m1/s1. The van der Waals surface area contributed by atoms with E-state index in [1.54, 1.807) is 18.5 Å². The number of benzene rings is 1. The molecular weight excluding hydrogens is 579 g/mol. The molecule has 0 spiro atoms. The van der Waals surface area contributed by atoms with Gasteiger partial charge in [-0.3, -0.25) is 14.6 Å². The van der Waals surface area contributed by atoms with Gasteiger partial charge in [-0.15, -0.1) is 0 Å². The number of piperidine rings is 1. The van der Waals surface area contributed by atoms with Crippen LogP contribution in [0.1, 0.15) is 31.2 Å². The number of anilines is 1. The number of aromatic nitrogens is 3. The van der Waals surface area contributed by atoms with Crippen LogP contribution in [-0.2, 0) is 11.3 Å². The van der Waals surface area contributed by atoms with Gasteiger partial charge in [-0.2, -0.15) is 0 Å². The minimum absolute atomic E-state index is 0.117. The Morgan fingerprint density at radius 2 is 1.69 bits per heavy atom. The molecule has 0 saturated carbocycles. The molecule has 0 aliphatic carbocycles. The molecule has 6 rings (SSSR count). The van der Waals surface area contributed by atoms with Gasteiger partial charge in [-0.05, 0) is 68.1 Å². The molecule has 3 aliphatic heterocycles. The molecule has 2 aromatic heterocycles. The number of pyridine rings is 1. The first-order chi connectivity index (χ1) is 20.3. The predicted octanol–water partition coefficient (Wildman–Crippen LogP) is 4.58. The minimum atomic E-state index is -0.735. The Labute approximate surface area is 254 Å². The number of piperazine rings is 1. The SMILES string of the molecule is O=C(O)CC1CCN(Cc2cc(Oc3cnc(N4CCN5CC[C@H](O)[C@H]5C4)nc3)nc(-c3cc(Cl)cc(Cl)c3)c2)CC1. The first-order valence-corrected chi connectivity index (χ1v) is 15.1. The number of aliphatic carboxylic acids is 1. The molecule has 2 atom stereocenters. The van der Waals surface area contributed by atoms with Crippen LogP contribution >= 0.6 is 23.2 Å². The topological polar surface area (TPSA) is 115 Å². The summed E-state index contributed by atoms with van der Waals surface area (Å²) >= 11 is 12.6. The number of rotatable bonds is 8. The number of carboxylic acids is 1. The third-order valence-electron chi connectivity index (χ3n) is 8.41. The fraction of sp³-hybridized carbons (Fsp3) is 0.467. The Kier molecular flexibility index (Phi) is 8.78. The van der Waals surface area contributed by atoms with Crippen LogP contribution in [0.15, 0.2) is 42.7 Å². The van der Waals surface area contributed by atoms with Crippen molar-refractivity contribution in [1.82, 2.24) is 24.8 Å². The van der Waals surface area contributed by atoms with Crippen LogP contribution in [0.5, 0.6) is 11.6 Å². The van der Waals surface area contributed by atoms with Gasteiger partial charge in [0.1, 0.15) is 0 Å². The number of carboxylic acid groups (broad SMARTS) is 1. The van der Waals surface area contributed by atoms with Crippen LogP contribution in [0.2, 0.25) is 10.0 Å². The average molecular weight is 614 g/mol. The van der Waals surface area contributed by atoms with Gasteiger partial charge in [0.2, 0.25) is 11.8 Å². The molecule has 0 unspecified atom stereocenters. The van der Waals surface area contributed by atoms with E-state index in [9.17, 15) is 9.90 Å². The van der Waals surface area contributed by atoms with E-state index < -0.39 is 5.97 Å². The lowest BCUT2D eigenvalue weighted by atomic mass is 9.93. The zero-order valence-corrected chi connectivity index (χ0v) is 24.7. The zero-order valence-electron chi connectivity index (χ0n) is 23.2. The lowest BCUT2D eigenvalue weighted by Gasteiger charge is -2.38. The number of fused-ring (bicyclic) bond motifs is 1. The van der Waals surface area contributed by atoms with Gasteiger partial charge in [0, 0.05) is 60.8 Å². The minimum Gasteiger partial charge on any atom is -0.481 e. The fourth-order valence-corrected chi connectivity index (χ4v) is 6.74. The molecule has 1 aromatic carbocycles. The largest absolute Gasteiger partial charge is 0.481 e. The van der Waals surface area contributed by atoms with Crippen LogP contribution in [0, 0.1) is 5.92 Å². The van der Waals surface area contributed by atoms with Crippen LogP contribution in [0.4, 0.5) is 5.95 Å². The summed E-state index contributed by atoms with van der Waals surface area (Å²) in [5.41, 5.74) is 2.46. The maximum Gasteiger partial charge on any atom is 0.303 e. The molecule has 3 aliphatic rings. The molecule has 3 aromatic rings. The summed E-state index contributed by atoms with van der Waals surface area (Å²) in [5.74, 6) is 0.963. The van der Waals surface area contributed by atoms with E-state index in [0.29, 0.717) is 46.4 Å². The Hall–Kier alpha value is -3.02. The molecule has 222 valence electrons. The monoisotopic (exact) mass is 612 g/mol. The van der Waals surface area contributed by atoms with Crippen molar-refractivity contribution in [1.29, 1.82) is 0 Å². The van der Waals surface area contributed by atoms with Crippen molar-refractivity contribution in [2.24, 2.45) is 5.92 Å². The van der Waals surface area contributed by atoms with Crippen LogP contribution in [-0.4, -0.2) is 92.3 Å². The van der Waals surface area contributed by atoms with Gasteiger partial charge in [0.15, 0.2) is 5.75 Å². The van der Waals surface area contributed by atoms with Crippen LogP contribution < -0.4 is 9.64 Å². The van der Waals surface area contributed by atoms with Crippen molar-refractivity contribution in [2.45, 2.75) is 44.4 Å². The van der Waals surface area contributed by atoms with Gasteiger partial charge in [-0.25, -0.2) is 15.0 Å². The second kappa shape index (κ2) is 12.7. The number of aliphatic hydroxyl groups is 1. The predicted molar refractivity (Wildman–Crippen MR) is 160 cm³/mol. The Morgan fingerprint density at radius 3 is 2.40 bits per heavy atom. The van der Waals surface area contributed by atoms with E-state index in [4.69, 9.17) is 38.0 Å². The smallest absolute Gasteiger partial charge is 0.303 e. The lowest BCUT2D eigenvalue weighted by Crippen LogP contribution is -2.53. The third-order valence-corrected chi connectivity index (χ3v) is 8.84. The summed E-state index contributed by atoms with van der Waals surface area (Å²) in [6.45, 7) is 5.66. The fourth-order valence-electron chi connectivity index (χ4n) is 6.21. The van der Waals surface area contributed by atoms with Gasteiger partial charge >= 0.3 is 5.97 Å². The Balaban J connectivity index is 1.19. The molecule has 0 radical (unpaired) electrons. The highest BCUT2D eigenvalue weighted by atomic mass is 35.5. The molecule has 0 bridgehead atoms. The average Bonchev–Trinajstić information content (AvgIpc) is 3.33. The molecule has 0 amide bonds. The van der Waals surface area contributed by atoms with E-state index in [1.165, 1.54) is 0 Å². The van der Waals surface area contributed by atoms with Gasteiger partial charge in [0.05, 0.1) is 30.2 Å². The molecule has 42 heavy (non-hydrogen) atoms. The highest BCUT2D eigenvalue weighted by molar-refractivity contribution is 6.35.